The van der Waals surface area contributed by atoms with Gasteiger partial charge in [-0.25, -0.2) is 8.78 Å². The number of rotatable bonds is 5. The lowest BCUT2D eigenvalue weighted by Gasteiger charge is -2.13. The zero-order valence-electron chi connectivity index (χ0n) is 10.4. The van der Waals surface area contributed by atoms with Gasteiger partial charge >= 0.3 is 0 Å². The van der Waals surface area contributed by atoms with Crippen molar-refractivity contribution in [3.8, 4) is 0 Å². The second-order valence-electron chi connectivity index (χ2n) is 4.40. The predicted octanol–water partition coefficient (Wildman–Crippen LogP) is 2.33. The lowest BCUT2D eigenvalue weighted by molar-refractivity contribution is -0.00341. The summed E-state index contributed by atoms with van der Waals surface area (Å²) in [4.78, 5) is 0. The smallest absolute Gasteiger partial charge is 0.265 e. The molecule has 1 rings (SSSR count). The fourth-order valence-corrected chi connectivity index (χ4v) is 1.65. The van der Waals surface area contributed by atoms with Crippen LogP contribution in [0.3, 0.4) is 0 Å². The maximum atomic E-state index is 12.1. The van der Waals surface area contributed by atoms with E-state index in [1.165, 1.54) is 11.1 Å². The van der Waals surface area contributed by atoms with Crippen LogP contribution in [-0.2, 0) is 6.54 Å². The Hall–Kier alpha value is -1.00. The predicted molar refractivity (Wildman–Crippen MR) is 64.4 cm³/mol. The minimum atomic E-state index is -2.69. The van der Waals surface area contributed by atoms with Gasteiger partial charge in [0.25, 0.3) is 6.43 Å². The Kier molecular flexibility index (Phi) is 5.02. The summed E-state index contributed by atoms with van der Waals surface area (Å²) in [5.41, 5.74) is 4.61. The first-order valence-corrected chi connectivity index (χ1v) is 5.65. The van der Waals surface area contributed by atoms with Crippen LogP contribution in [0.15, 0.2) is 12.1 Å². The molecule has 1 unspecified atom stereocenters. The molecule has 2 nitrogen and oxygen atoms in total. The molecular weight excluding hydrogens is 224 g/mol. The van der Waals surface area contributed by atoms with Gasteiger partial charge in [-0.05, 0) is 43.0 Å². The molecule has 4 heteroatoms. The van der Waals surface area contributed by atoms with E-state index in [1.54, 1.807) is 0 Å². The van der Waals surface area contributed by atoms with Gasteiger partial charge in [-0.3, -0.25) is 0 Å². The van der Waals surface area contributed by atoms with Crippen LogP contribution in [0.2, 0.25) is 0 Å². The van der Waals surface area contributed by atoms with Gasteiger partial charge in [0, 0.05) is 13.1 Å². The van der Waals surface area contributed by atoms with Gasteiger partial charge in [-0.1, -0.05) is 12.1 Å². The molecule has 0 saturated carbocycles. The number of aliphatic hydroxyl groups is 1. The zero-order chi connectivity index (χ0) is 13.0. The van der Waals surface area contributed by atoms with Crippen molar-refractivity contribution < 1.29 is 13.9 Å². The summed E-state index contributed by atoms with van der Waals surface area (Å²) in [7, 11) is 0. The summed E-state index contributed by atoms with van der Waals surface area (Å²) in [5.74, 6) is 0. The number of alkyl halides is 2. The molecule has 17 heavy (non-hydrogen) atoms. The third kappa shape index (κ3) is 4.06. The van der Waals surface area contributed by atoms with E-state index in [9.17, 15) is 8.78 Å². The lowest BCUT2D eigenvalue weighted by Crippen LogP contribution is -2.31. The Morgan fingerprint density at radius 3 is 2.29 bits per heavy atom. The lowest BCUT2D eigenvalue weighted by atomic mass is 10.0. The van der Waals surface area contributed by atoms with E-state index in [0.29, 0.717) is 6.54 Å². The molecule has 0 bridgehead atoms. The van der Waals surface area contributed by atoms with Crippen molar-refractivity contribution in [1.82, 2.24) is 5.32 Å². The Morgan fingerprint density at radius 1 is 1.12 bits per heavy atom. The molecule has 1 aromatic carbocycles. The second kappa shape index (κ2) is 6.07. The first kappa shape index (κ1) is 14.1. The van der Waals surface area contributed by atoms with E-state index in [1.807, 2.05) is 26.8 Å². The Bertz CT molecular complexity index is 380. The van der Waals surface area contributed by atoms with Gasteiger partial charge in [-0.2, -0.15) is 0 Å². The standard InChI is InChI=1S/C13H19F2NO/c1-8-4-10(3)11(5-9(8)2)6-16-7-12(17)13(14)15/h4-5,12-13,16-17H,6-7H2,1-3H3. The van der Waals surface area contributed by atoms with Crippen molar-refractivity contribution in [3.05, 3.63) is 34.4 Å². The molecule has 0 heterocycles. The summed E-state index contributed by atoms with van der Waals surface area (Å²) in [5, 5.41) is 11.8. The summed E-state index contributed by atoms with van der Waals surface area (Å²) >= 11 is 0. The van der Waals surface area contributed by atoms with Gasteiger partial charge < -0.3 is 10.4 Å². The van der Waals surface area contributed by atoms with Gasteiger partial charge in [0.2, 0.25) is 0 Å². The molecule has 0 aliphatic heterocycles. The van der Waals surface area contributed by atoms with Crippen LogP contribution < -0.4 is 5.32 Å². The maximum absolute atomic E-state index is 12.1. The molecule has 0 radical (unpaired) electrons. The Balaban J connectivity index is 2.55. The normalized spacial score (nSPS) is 13.1. The molecule has 0 spiro atoms. The highest BCUT2D eigenvalue weighted by atomic mass is 19.3. The van der Waals surface area contributed by atoms with Crippen molar-refractivity contribution in [3.63, 3.8) is 0 Å². The van der Waals surface area contributed by atoms with E-state index in [2.05, 4.69) is 11.4 Å². The van der Waals surface area contributed by atoms with Crippen molar-refractivity contribution in [2.45, 2.75) is 39.8 Å². The number of halogens is 2. The summed E-state index contributed by atoms with van der Waals surface area (Å²) in [6.07, 6.45) is -4.29. The molecule has 0 fully saturated rings. The molecular formula is C13H19F2NO. The average molecular weight is 243 g/mol. The summed E-state index contributed by atoms with van der Waals surface area (Å²) in [6.45, 7) is 6.46. The number of aryl methyl sites for hydroxylation is 3. The van der Waals surface area contributed by atoms with Crippen LogP contribution in [0.1, 0.15) is 22.3 Å². The topological polar surface area (TPSA) is 32.3 Å². The Morgan fingerprint density at radius 2 is 1.71 bits per heavy atom. The molecule has 0 saturated heterocycles. The average Bonchev–Trinajstić information content (AvgIpc) is 2.25. The Labute approximate surface area is 101 Å². The first-order chi connectivity index (χ1) is 7.91. The highest BCUT2D eigenvalue weighted by molar-refractivity contribution is 5.36. The molecule has 0 aliphatic carbocycles. The van der Waals surface area contributed by atoms with E-state index < -0.39 is 12.5 Å². The molecule has 96 valence electrons. The van der Waals surface area contributed by atoms with Crippen LogP contribution in [0, 0.1) is 20.8 Å². The number of hydrogen-bond donors (Lipinski definition) is 2. The van der Waals surface area contributed by atoms with Crippen LogP contribution in [0.25, 0.3) is 0 Å². The maximum Gasteiger partial charge on any atom is 0.265 e. The molecule has 0 aromatic heterocycles. The third-order valence-corrected chi connectivity index (χ3v) is 2.91. The van der Waals surface area contributed by atoms with Crippen molar-refractivity contribution in [2.75, 3.05) is 6.54 Å². The number of benzene rings is 1. The van der Waals surface area contributed by atoms with E-state index >= 15 is 0 Å². The van der Waals surface area contributed by atoms with Crippen LogP contribution in [0.5, 0.6) is 0 Å². The highest BCUT2D eigenvalue weighted by Crippen LogP contribution is 2.15. The van der Waals surface area contributed by atoms with Crippen molar-refractivity contribution in [1.29, 1.82) is 0 Å². The third-order valence-electron chi connectivity index (χ3n) is 2.91. The molecule has 1 aromatic rings. The van der Waals surface area contributed by atoms with E-state index in [0.717, 1.165) is 11.1 Å². The van der Waals surface area contributed by atoms with Crippen molar-refractivity contribution >= 4 is 0 Å². The fraction of sp³-hybridized carbons (Fsp3) is 0.538. The van der Waals surface area contributed by atoms with Gasteiger partial charge in [-0.15, -0.1) is 0 Å². The minimum Gasteiger partial charge on any atom is -0.386 e. The minimum absolute atomic E-state index is 0.0932. The molecule has 1 atom stereocenters. The SMILES string of the molecule is Cc1cc(C)c(CNCC(O)C(F)F)cc1C. The monoisotopic (exact) mass is 243 g/mol. The van der Waals surface area contributed by atoms with Gasteiger partial charge in [0.15, 0.2) is 0 Å². The van der Waals surface area contributed by atoms with Crippen molar-refractivity contribution in [2.24, 2.45) is 0 Å². The molecule has 2 N–H and O–H groups in total. The fourth-order valence-electron chi connectivity index (χ4n) is 1.65. The van der Waals surface area contributed by atoms with Crippen LogP contribution >= 0.6 is 0 Å². The summed E-state index contributed by atoms with van der Waals surface area (Å²) in [6, 6.07) is 4.13. The van der Waals surface area contributed by atoms with E-state index in [-0.39, 0.29) is 6.54 Å². The largest absolute Gasteiger partial charge is 0.386 e. The zero-order valence-corrected chi connectivity index (χ0v) is 10.4. The van der Waals surface area contributed by atoms with E-state index in [4.69, 9.17) is 5.11 Å². The van der Waals surface area contributed by atoms with Gasteiger partial charge in [0.05, 0.1) is 0 Å². The number of hydrogen-bond acceptors (Lipinski definition) is 2. The molecule has 0 aliphatic rings. The number of aliphatic hydroxyl groups excluding tert-OH is 1. The first-order valence-electron chi connectivity index (χ1n) is 5.65. The summed E-state index contributed by atoms with van der Waals surface area (Å²) < 4.78 is 24.1. The second-order valence-corrected chi connectivity index (χ2v) is 4.40. The number of nitrogens with one attached hydrogen (secondary N) is 1. The van der Waals surface area contributed by atoms with Crippen LogP contribution in [0.4, 0.5) is 8.78 Å². The van der Waals surface area contributed by atoms with Gasteiger partial charge in [0.1, 0.15) is 6.10 Å². The quantitative estimate of drug-likeness (QED) is 0.832. The van der Waals surface area contributed by atoms with Crippen LogP contribution in [-0.4, -0.2) is 24.2 Å². The molecule has 0 amide bonds. The highest BCUT2D eigenvalue weighted by Gasteiger charge is 2.15.